The van der Waals surface area contributed by atoms with E-state index in [-0.39, 0.29) is 0 Å². The predicted octanol–water partition coefficient (Wildman–Crippen LogP) is 4.54. The van der Waals surface area contributed by atoms with Gasteiger partial charge in [-0.3, -0.25) is 0 Å². The van der Waals surface area contributed by atoms with Crippen LogP contribution in [0.15, 0.2) is 53.4 Å². The molecule has 0 aliphatic carbocycles. The maximum Gasteiger partial charge on any atom is 0.123 e. The number of benzene rings is 1. The van der Waals surface area contributed by atoms with Gasteiger partial charge in [0.05, 0.1) is 0 Å². The van der Waals surface area contributed by atoms with Crippen molar-refractivity contribution in [1.82, 2.24) is 4.98 Å². The van der Waals surface area contributed by atoms with Crippen molar-refractivity contribution in [3.63, 3.8) is 0 Å². The molecule has 0 saturated carbocycles. The monoisotopic (exact) mass is 243 g/mol. The molecular formula is C13H9NS2. The van der Waals surface area contributed by atoms with E-state index in [4.69, 9.17) is 0 Å². The van der Waals surface area contributed by atoms with Crippen molar-refractivity contribution in [2.24, 2.45) is 0 Å². The molecule has 0 atom stereocenters. The van der Waals surface area contributed by atoms with Crippen LogP contribution in [-0.4, -0.2) is 4.98 Å². The van der Waals surface area contributed by atoms with Gasteiger partial charge in [-0.1, -0.05) is 30.3 Å². The highest BCUT2D eigenvalue weighted by atomic mass is 32.1. The van der Waals surface area contributed by atoms with Crippen molar-refractivity contribution in [2.45, 2.75) is 0 Å². The Kier molecular flexibility index (Phi) is 2.56. The number of thiophene rings is 1. The molecule has 2 aromatic heterocycles. The average molecular weight is 243 g/mol. The third kappa shape index (κ3) is 1.68. The van der Waals surface area contributed by atoms with Gasteiger partial charge in [-0.05, 0) is 11.4 Å². The van der Waals surface area contributed by atoms with Crippen LogP contribution in [0.25, 0.3) is 21.0 Å². The number of rotatable bonds is 2. The number of nitrogens with zero attached hydrogens (tertiary/aromatic N) is 1. The van der Waals surface area contributed by atoms with Crippen LogP contribution in [0.2, 0.25) is 0 Å². The minimum atomic E-state index is 1.09. The first-order valence-electron chi connectivity index (χ1n) is 4.98. The summed E-state index contributed by atoms with van der Waals surface area (Å²) < 4.78 is 0. The predicted molar refractivity (Wildman–Crippen MR) is 70.9 cm³/mol. The summed E-state index contributed by atoms with van der Waals surface area (Å²) >= 11 is 3.45. The zero-order valence-electron chi connectivity index (χ0n) is 8.46. The largest absolute Gasteiger partial charge is 0.245 e. The summed E-state index contributed by atoms with van der Waals surface area (Å²) in [6.07, 6.45) is 1.85. The highest BCUT2D eigenvalue weighted by molar-refractivity contribution is 7.14. The molecular weight excluding hydrogens is 234 g/mol. The van der Waals surface area contributed by atoms with Crippen LogP contribution in [0, 0.1) is 0 Å². The lowest BCUT2D eigenvalue weighted by Gasteiger charge is -2.04. The Bertz CT molecular complexity index is 515. The first-order valence-corrected chi connectivity index (χ1v) is 6.74. The second-order valence-electron chi connectivity index (χ2n) is 3.36. The van der Waals surface area contributed by atoms with Crippen molar-refractivity contribution < 1.29 is 0 Å². The maximum atomic E-state index is 4.38. The number of hydrogen-bond donors (Lipinski definition) is 0. The molecule has 0 N–H and O–H groups in total. The molecule has 0 saturated heterocycles. The van der Waals surface area contributed by atoms with Gasteiger partial charge in [-0.25, -0.2) is 4.98 Å². The van der Waals surface area contributed by atoms with E-state index in [1.807, 2.05) is 11.6 Å². The standard InChI is InChI=1S/C13H9NS2/c1-2-5-11(13-14-7-9-16-13)10(4-1)12-6-3-8-15-12/h1-9H. The van der Waals surface area contributed by atoms with E-state index >= 15 is 0 Å². The lowest BCUT2D eigenvalue weighted by molar-refractivity contribution is 1.41. The Morgan fingerprint density at radius 1 is 0.812 bits per heavy atom. The Balaban J connectivity index is 2.19. The van der Waals surface area contributed by atoms with E-state index in [2.05, 4.69) is 46.8 Å². The molecule has 1 nitrogen and oxygen atoms in total. The lowest BCUT2D eigenvalue weighted by atomic mass is 10.1. The van der Waals surface area contributed by atoms with Crippen LogP contribution < -0.4 is 0 Å². The van der Waals surface area contributed by atoms with Gasteiger partial charge >= 0.3 is 0 Å². The summed E-state index contributed by atoms with van der Waals surface area (Å²) in [6.45, 7) is 0. The Labute approximate surface area is 102 Å². The fraction of sp³-hybridized carbons (Fsp3) is 0. The summed E-state index contributed by atoms with van der Waals surface area (Å²) in [5, 5.41) is 5.21. The van der Waals surface area contributed by atoms with Crippen molar-refractivity contribution in [1.29, 1.82) is 0 Å². The molecule has 0 unspecified atom stereocenters. The Hall–Kier alpha value is -1.45. The minimum absolute atomic E-state index is 1.09. The van der Waals surface area contributed by atoms with E-state index in [1.54, 1.807) is 22.7 Å². The van der Waals surface area contributed by atoms with Crippen molar-refractivity contribution >= 4 is 22.7 Å². The third-order valence-corrected chi connectivity index (χ3v) is 4.09. The first kappa shape index (κ1) is 9.75. The topological polar surface area (TPSA) is 12.9 Å². The van der Waals surface area contributed by atoms with Crippen LogP contribution >= 0.6 is 22.7 Å². The van der Waals surface area contributed by atoms with E-state index in [9.17, 15) is 0 Å². The number of hydrogen-bond acceptors (Lipinski definition) is 3. The van der Waals surface area contributed by atoms with Gasteiger partial charge in [-0.15, -0.1) is 22.7 Å². The molecule has 1 aromatic carbocycles. The van der Waals surface area contributed by atoms with Gasteiger partial charge in [-0.2, -0.15) is 0 Å². The van der Waals surface area contributed by atoms with Crippen molar-refractivity contribution in [3.8, 4) is 21.0 Å². The molecule has 0 bridgehead atoms. The quantitative estimate of drug-likeness (QED) is 0.644. The first-order chi connectivity index (χ1) is 7.95. The SMILES string of the molecule is c1csc(-c2ccccc2-c2nccs2)c1. The van der Waals surface area contributed by atoms with E-state index in [1.165, 1.54) is 16.0 Å². The summed E-state index contributed by atoms with van der Waals surface area (Å²) in [5.74, 6) is 0. The second kappa shape index (κ2) is 4.20. The summed E-state index contributed by atoms with van der Waals surface area (Å²) in [5.41, 5.74) is 2.49. The normalized spacial score (nSPS) is 10.5. The van der Waals surface area contributed by atoms with Crippen molar-refractivity contribution in [3.05, 3.63) is 53.4 Å². The molecule has 0 aliphatic rings. The third-order valence-electron chi connectivity index (χ3n) is 2.38. The molecule has 3 aromatic rings. The van der Waals surface area contributed by atoms with Gasteiger partial charge < -0.3 is 0 Å². The molecule has 0 fully saturated rings. The second-order valence-corrected chi connectivity index (χ2v) is 5.20. The molecule has 0 spiro atoms. The van der Waals surface area contributed by atoms with Crippen molar-refractivity contribution in [2.75, 3.05) is 0 Å². The highest BCUT2D eigenvalue weighted by Crippen LogP contribution is 2.35. The number of thiazole rings is 1. The molecule has 0 amide bonds. The molecule has 16 heavy (non-hydrogen) atoms. The molecule has 0 aliphatic heterocycles. The molecule has 3 heteroatoms. The van der Waals surface area contributed by atoms with E-state index < -0.39 is 0 Å². The van der Waals surface area contributed by atoms with Gasteiger partial charge in [0.1, 0.15) is 5.01 Å². The lowest BCUT2D eigenvalue weighted by Crippen LogP contribution is -1.80. The fourth-order valence-electron chi connectivity index (χ4n) is 1.67. The Morgan fingerprint density at radius 3 is 2.38 bits per heavy atom. The maximum absolute atomic E-state index is 4.38. The van der Waals surface area contributed by atoms with Crippen LogP contribution in [-0.2, 0) is 0 Å². The summed E-state index contributed by atoms with van der Waals surface area (Å²) in [6, 6.07) is 12.7. The van der Waals surface area contributed by atoms with Gasteiger partial charge in [0.25, 0.3) is 0 Å². The highest BCUT2D eigenvalue weighted by Gasteiger charge is 2.08. The van der Waals surface area contributed by atoms with Gasteiger partial charge in [0.2, 0.25) is 0 Å². The van der Waals surface area contributed by atoms with Crippen LogP contribution in [0.4, 0.5) is 0 Å². The minimum Gasteiger partial charge on any atom is -0.245 e. The van der Waals surface area contributed by atoms with Crippen LogP contribution in [0.5, 0.6) is 0 Å². The number of aromatic nitrogens is 1. The molecule has 78 valence electrons. The summed E-state index contributed by atoms with van der Waals surface area (Å²) in [4.78, 5) is 5.68. The zero-order valence-corrected chi connectivity index (χ0v) is 10.1. The average Bonchev–Trinajstić information content (AvgIpc) is 3.03. The van der Waals surface area contributed by atoms with Gasteiger partial charge in [0.15, 0.2) is 0 Å². The van der Waals surface area contributed by atoms with Gasteiger partial charge in [0, 0.05) is 27.6 Å². The molecule has 3 rings (SSSR count). The van der Waals surface area contributed by atoms with Crippen LogP contribution in [0.1, 0.15) is 0 Å². The van der Waals surface area contributed by atoms with Crippen LogP contribution in [0.3, 0.4) is 0 Å². The smallest absolute Gasteiger partial charge is 0.123 e. The van der Waals surface area contributed by atoms with E-state index in [0.717, 1.165) is 5.01 Å². The Morgan fingerprint density at radius 2 is 1.69 bits per heavy atom. The molecule has 2 heterocycles. The fourth-order valence-corrected chi connectivity index (χ4v) is 3.12. The van der Waals surface area contributed by atoms with E-state index in [0.29, 0.717) is 0 Å². The zero-order chi connectivity index (χ0) is 10.8. The molecule has 0 radical (unpaired) electrons. The summed E-state index contributed by atoms with van der Waals surface area (Å²) in [7, 11) is 0.